The average Bonchev–Trinajstić information content (AvgIpc) is 2.60. The van der Waals surface area contributed by atoms with Gasteiger partial charge in [0, 0.05) is 18.3 Å². The lowest BCUT2D eigenvalue weighted by molar-refractivity contribution is -0.144. The first-order valence-corrected chi connectivity index (χ1v) is 9.83. The van der Waals surface area contributed by atoms with E-state index in [4.69, 9.17) is 12.2 Å². The molecular weight excluding hydrogens is 346 g/mol. The van der Waals surface area contributed by atoms with Crippen molar-refractivity contribution in [1.29, 1.82) is 0 Å². The molecule has 2 amide bonds. The molecule has 5 rings (SSSR count). The van der Waals surface area contributed by atoms with Crippen LogP contribution in [0, 0.1) is 23.2 Å². The molecule has 0 aliphatic heterocycles. The SMILES string of the molecule is CNC(=O)c1cccc(NC(=S)NC(=O)C23CC4CC(CC(C4)C2)C3)c1. The van der Waals surface area contributed by atoms with Gasteiger partial charge in [-0.2, -0.15) is 0 Å². The second-order valence-corrected chi connectivity index (χ2v) is 8.67. The van der Waals surface area contributed by atoms with Crippen molar-refractivity contribution >= 4 is 34.8 Å². The zero-order valence-electron chi connectivity index (χ0n) is 15.0. The Kier molecular flexibility index (Phi) is 4.47. The molecule has 26 heavy (non-hydrogen) atoms. The minimum Gasteiger partial charge on any atom is -0.355 e. The van der Waals surface area contributed by atoms with Crippen LogP contribution in [0.2, 0.25) is 0 Å². The van der Waals surface area contributed by atoms with Crippen molar-refractivity contribution in [3.8, 4) is 0 Å². The van der Waals surface area contributed by atoms with E-state index < -0.39 is 0 Å². The number of amides is 2. The molecule has 0 heterocycles. The van der Waals surface area contributed by atoms with Crippen LogP contribution in [0.15, 0.2) is 24.3 Å². The van der Waals surface area contributed by atoms with Gasteiger partial charge in [-0.15, -0.1) is 0 Å². The molecule has 0 aromatic heterocycles. The number of benzene rings is 1. The topological polar surface area (TPSA) is 70.2 Å². The molecule has 6 heteroatoms. The van der Waals surface area contributed by atoms with Crippen molar-refractivity contribution in [2.24, 2.45) is 23.2 Å². The van der Waals surface area contributed by atoms with Crippen molar-refractivity contribution in [2.75, 3.05) is 12.4 Å². The van der Waals surface area contributed by atoms with E-state index in [-0.39, 0.29) is 17.2 Å². The predicted molar refractivity (Wildman–Crippen MR) is 105 cm³/mol. The zero-order chi connectivity index (χ0) is 18.3. The van der Waals surface area contributed by atoms with Crippen molar-refractivity contribution in [1.82, 2.24) is 10.6 Å². The maximum Gasteiger partial charge on any atom is 0.251 e. The molecule has 3 N–H and O–H groups in total. The van der Waals surface area contributed by atoms with Gasteiger partial charge in [0.25, 0.3) is 5.91 Å². The fourth-order valence-corrected chi connectivity index (χ4v) is 5.88. The van der Waals surface area contributed by atoms with E-state index in [0.29, 0.717) is 16.4 Å². The summed E-state index contributed by atoms with van der Waals surface area (Å²) in [5.41, 5.74) is 1.03. The van der Waals surface area contributed by atoms with Gasteiger partial charge in [0.2, 0.25) is 5.91 Å². The molecule has 138 valence electrons. The lowest BCUT2D eigenvalue weighted by Gasteiger charge is -2.55. The molecule has 1 aromatic carbocycles. The Labute approximate surface area is 159 Å². The predicted octanol–water partition coefficient (Wildman–Crippen LogP) is 3.08. The van der Waals surface area contributed by atoms with Crippen LogP contribution in [0.5, 0.6) is 0 Å². The molecule has 4 bridgehead atoms. The van der Waals surface area contributed by atoms with Crippen LogP contribution < -0.4 is 16.0 Å². The van der Waals surface area contributed by atoms with Crippen LogP contribution in [0.4, 0.5) is 5.69 Å². The highest BCUT2D eigenvalue weighted by Gasteiger charge is 2.54. The van der Waals surface area contributed by atoms with Crippen LogP contribution in [0.25, 0.3) is 0 Å². The highest BCUT2D eigenvalue weighted by Crippen LogP contribution is 2.60. The summed E-state index contributed by atoms with van der Waals surface area (Å²) in [6.07, 6.45) is 6.96. The number of thiocarbonyl (C=S) groups is 1. The monoisotopic (exact) mass is 371 g/mol. The van der Waals surface area contributed by atoms with Gasteiger partial charge in [-0.1, -0.05) is 6.07 Å². The van der Waals surface area contributed by atoms with Crippen molar-refractivity contribution in [3.05, 3.63) is 29.8 Å². The van der Waals surface area contributed by atoms with Gasteiger partial charge in [-0.25, -0.2) is 0 Å². The van der Waals surface area contributed by atoms with Crippen LogP contribution in [-0.2, 0) is 4.79 Å². The van der Waals surface area contributed by atoms with Gasteiger partial charge in [-0.05, 0) is 86.7 Å². The van der Waals surface area contributed by atoms with Crippen LogP contribution in [-0.4, -0.2) is 24.0 Å². The number of carbonyl (C=O) groups excluding carboxylic acids is 2. The summed E-state index contributed by atoms with van der Waals surface area (Å²) in [4.78, 5) is 24.8. The minimum absolute atomic E-state index is 0.0801. The van der Waals surface area contributed by atoms with Gasteiger partial charge in [0.15, 0.2) is 5.11 Å². The summed E-state index contributed by atoms with van der Waals surface area (Å²) in [5, 5.41) is 8.88. The Morgan fingerprint density at radius 2 is 1.69 bits per heavy atom. The third-order valence-electron chi connectivity index (χ3n) is 6.36. The largest absolute Gasteiger partial charge is 0.355 e. The van der Waals surface area contributed by atoms with E-state index >= 15 is 0 Å². The highest BCUT2D eigenvalue weighted by molar-refractivity contribution is 7.80. The summed E-state index contributed by atoms with van der Waals surface area (Å²) in [5.74, 6) is 2.09. The van der Waals surface area contributed by atoms with Gasteiger partial charge in [-0.3, -0.25) is 9.59 Å². The first kappa shape index (κ1) is 17.5. The van der Waals surface area contributed by atoms with Crippen molar-refractivity contribution in [3.63, 3.8) is 0 Å². The number of hydrogen-bond donors (Lipinski definition) is 3. The number of carbonyl (C=O) groups is 2. The third kappa shape index (κ3) is 3.22. The Bertz CT molecular complexity index is 726. The first-order chi connectivity index (χ1) is 12.5. The zero-order valence-corrected chi connectivity index (χ0v) is 15.8. The number of nitrogens with one attached hydrogen (secondary N) is 3. The second-order valence-electron chi connectivity index (χ2n) is 8.27. The van der Waals surface area contributed by atoms with Crippen LogP contribution in [0.3, 0.4) is 0 Å². The fourth-order valence-electron chi connectivity index (χ4n) is 5.67. The standard InChI is InChI=1S/C20H25N3O2S/c1-21-17(24)15-3-2-4-16(8-15)22-19(26)23-18(25)20-9-12-5-13(10-20)7-14(6-12)11-20/h2-4,8,12-14H,5-7,9-11H2,1H3,(H,21,24)(H2,22,23,25,26). The molecule has 1 aromatic rings. The summed E-state index contributed by atoms with van der Waals surface area (Å²) in [7, 11) is 1.60. The molecule has 4 aliphatic carbocycles. The normalized spacial score (nSPS) is 31.3. The molecule has 0 atom stereocenters. The quantitative estimate of drug-likeness (QED) is 0.714. The minimum atomic E-state index is -0.218. The number of rotatable bonds is 3. The van der Waals surface area contributed by atoms with Gasteiger partial charge in [0.1, 0.15) is 0 Å². The smallest absolute Gasteiger partial charge is 0.251 e. The number of hydrogen-bond acceptors (Lipinski definition) is 3. The Morgan fingerprint density at radius 1 is 1.08 bits per heavy atom. The first-order valence-electron chi connectivity index (χ1n) is 9.42. The molecule has 4 aliphatic rings. The second kappa shape index (κ2) is 6.65. The molecule has 4 fully saturated rings. The van der Waals surface area contributed by atoms with E-state index in [1.165, 1.54) is 19.3 Å². The molecule has 0 saturated heterocycles. The molecule has 0 spiro atoms. The van der Waals surface area contributed by atoms with Crippen molar-refractivity contribution < 1.29 is 9.59 Å². The van der Waals surface area contributed by atoms with E-state index in [1.807, 2.05) is 6.07 Å². The van der Waals surface area contributed by atoms with Crippen LogP contribution >= 0.6 is 12.2 Å². The summed E-state index contributed by atoms with van der Waals surface area (Å²) in [6.45, 7) is 0. The summed E-state index contributed by atoms with van der Waals surface area (Å²) >= 11 is 5.36. The van der Waals surface area contributed by atoms with Gasteiger partial charge < -0.3 is 16.0 Å². The van der Waals surface area contributed by atoms with Crippen molar-refractivity contribution in [2.45, 2.75) is 38.5 Å². The lowest BCUT2D eigenvalue weighted by atomic mass is 9.49. The molecule has 5 nitrogen and oxygen atoms in total. The van der Waals surface area contributed by atoms with Crippen LogP contribution in [0.1, 0.15) is 48.9 Å². The molecule has 0 radical (unpaired) electrons. The fraction of sp³-hybridized carbons (Fsp3) is 0.550. The summed E-state index contributed by atoms with van der Waals surface area (Å²) < 4.78 is 0. The van der Waals surface area contributed by atoms with E-state index in [9.17, 15) is 9.59 Å². The third-order valence-corrected chi connectivity index (χ3v) is 6.56. The van der Waals surface area contributed by atoms with E-state index in [1.54, 1.807) is 25.2 Å². The summed E-state index contributed by atoms with van der Waals surface area (Å²) in [6, 6.07) is 7.08. The van der Waals surface area contributed by atoms with Gasteiger partial charge in [0.05, 0.1) is 5.41 Å². The van der Waals surface area contributed by atoms with Gasteiger partial charge >= 0.3 is 0 Å². The lowest BCUT2D eigenvalue weighted by Crippen LogP contribution is -2.55. The molecular formula is C20H25N3O2S. The van der Waals surface area contributed by atoms with E-state index in [2.05, 4.69) is 16.0 Å². The molecule has 0 unspecified atom stereocenters. The maximum atomic E-state index is 13.0. The maximum absolute atomic E-state index is 13.0. The number of anilines is 1. The highest BCUT2D eigenvalue weighted by atomic mass is 32.1. The molecule has 4 saturated carbocycles. The van der Waals surface area contributed by atoms with E-state index in [0.717, 1.165) is 37.0 Å². The Balaban J connectivity index is 1.41. The Morgan fingerprint density at radius 3 is 2.27 bits per heavy atom. The Hall–Kier alpha value is -1.95. The average molecular weight is 372 g/mol.